The Morgan fingerprint density at radius 2 is 2.00 bits per heavy atom. The van der Waals surface area contributed by atoms with Crippen LogP contribution in [0, 0.1) is 12.8 Å². The molecule has 5 nitrogen and oxygen atoms in total. The fourth-order valence-corrected chi connectivity index (χ4v) is 2.47. The van der Waals surface area contributed by atoms with E-state index in [4.69, 9.17) is 5.73 Å². The van der Waals surface area contributed by atoms with Gasteiger partial charge >= 0.3 is 0 Å². The smallest absolute Gasteiger partial charge is 0.182 e. The Morgan fingerprint density at radius 1 is 1.25 bits per heavy atom. The summed E-state index contributed by atoms with van der Waals surface area (Å²) in [5, 5.41) is 12.2. The summed E-state index contributed by atoms with van der Waals surface area (Å²) in [7, 11) is 0. The first-order valence-corrected chi connectivity index (χ1v) is 7.16. The molecule has 108 valence electrons. The molecule has 2 rings (SSSR count). The van der Waals surface area contributed by atoms with E-state index in [2.05, 4.69) is 42.4 Å². The van der Waals surface area contributed by atoms with Crippen LogP contribution in [-0.2, 0) is 0 Å². The van der Waals surface area contributed by atoms with Crippen LogP contribution in [0.25, 0.3) is 11.4 Å². The number of benzene rings is 1. The van der Waals surface area contributed by atoms with Crippen LogP contribution in [0.3, 0.4) is 0 Å². The van der Waals surface area contributed by atoms with Crippen LogP contribution in [0.1, 0.15) is 45.2 Å². The lowest BCUT2D eigenvalue weighted by Gasteiger charge is -2.17. The molecule has 2 unspecified atom stereocenters. The van der Waals surface area contributed by atoms with Gasteiger partial charge in [0.05, 0.1) is 6.04 Å². The highest BCUT2D eigenvalue weighted by atomic mass is 15.5. The molecule has 0 saturated heterocycles. The Bertz CT molecular complexity index is 555. The zero-order valence-corrected chi connectivity index (χ0v) is 12.7. The molecule has 2 aromatic rings. The zero-order chi connectivity index (χ0) is 14.7. The van der Waals surface area contributed by atoms with Crippen molar-refractivity contribution in [2.24, 2.45) is 5.92 Å². The SMILES string of the molecule is CCC(C)CC(C)n1nnnc1-c1cc(C)cc(N)c1. The Balaban J connectivity index is 2.32. The molecule has 0 fully saturated rings. The molecule has 0 amide bonds. The van der Waals surface area contributed by atoms with E-state index in [-0.39, 0.29) is 6.04 Å². The van der Waals surface area contributed by atoms with Crippen LogP contribution in [0.2, 0.25) is 0 Å². The van der Waals surface area contributed by atoms with Gasteiger partial charge < -0.3 is 5.73 Å². The van der Waals surface area contributed by atoms with Crippen LogP contribution >= 0.6 is 0 Å². The number of aromatic nitrogens is 4. The highest BCUT2D eigenvalue weighted by Gasteiger charge is 2.17. The molecule has 0 aliphatic carbocycles. The molecule has 0 saturated carbocycles. The van der Waals surface area contributed by atoms with E-state index in [1.165, 1.54) is 6.42 Å². The Hall–Kier alpha value is -1.91. The molecule has 1 aromatic carbocycles. The Labute approximate surface area is 120 Å². The Kier molecular flexibility index (Phi) is 4.37. The number of nitrogen functional groups attached to an aromatic ring is 1. The van der Waals surface area contributed by atoms with Gasteiger partial charge in [-0.3, -0.25) is 0 Å². The molecule has 0 aliphatic heterocycles. The average molecular weight is 273 g/mol. The molecular formula is C15H23N5. The number of tetrazole rings is 1. The minimum absolute atomic E-state index is 0.275. The molecule has 5 heteroatoms. The summed E-state index contributed by atoms with van der Waals surface area (Å²) >= 11 is 0. The second kappa shape index (κ2) is 6.03. The summed E-state index contributed by atoms with van der Waals surface area (Å²) < 4.78 is 1.90. The van der Waals surface area contributed by atoms with Crippen LogP contribution in [0.15, 0.2) is 18.2 Å². The molecule has 2 atom stereocenters. The maximum atomic E-state index is 5.92. The van der Waals surface area contributed by atoms with Crippen molar-refractivity contribution in [1.29, 1.82) is 0 Å². The van der Waals surface area contributed by atoms with E-state index in [9.17, 15) is 0 Å². The first kappa shape index (κ1) is 14.5. The molecule has 0 radical (unpaired) electrons. The highest BCUT2D eigenvalue weighted by molar-refractivity contribution is 5.62. The third-order valence-electron chi connectivity index (χ3n) is 3.71. The molecule has 0 spiro atoms. The lowest BCUT2D eigenvalue weighted by atomic mass is 10.0. The molecule has 1 aromatic heterocycles. The van der Waals surface area contributed by atoms with Gasteiger partial charge in [-0.2, -0.15) is 0 Å². The van der Waals surface area contributed by atoms with E-state index >= 15 is 0 Å². The van der Waals surface area contributed by atoms with Crippen molar-refractivity contribution < 1.29 is 0 Å². The zero-order valence-electron chi connectivity index (χ0n) is 12.7. The van der Waals surface area contributed by atoms with Crippen molar-refractivity contribution >= 4 is 5.69 Å². The predicted molar refractivity (Wildman–Crippen MR) is 81.2 cm³/mol. The predicted octanol–water partition coefficient (Wildman–Crippen LogP) is 3.23. The van der Waals surface area contributed by atoms with Gasteiger partial charge in [-0.25, -0.2) is 4.68 Å². The van der Waals surface area contributed by atoms with Crippen molar-refractivity contribution in [1.82, 2.24) is 20.2 Å². The number of nitrogens with zero attached hydrogens (tertiary/aromatic N) is 4. The number of anilines is 1. The summed E-state index contributed by atoms with van der Waals surface area (Å²) in [6, 6.07) is 6.21. The van der Waals surface area contributed by atoms with E-state index in [1.807, 2.05) is 23.7 Å². The number of hydrogen-bond acceptors (Lipinski definition) is 4. The second-order valence-electron chi connectivity index (χ2n) is 5.68. The molecule has 0 aliphatic rings. The monoisotopic (exact) mass is 273 g/mol. The second-order valence-corrected chi connectivity index (χ2v) is 5.68. The van der Waals surface area contributed by atoms with Gasteiger partial charge in [-0.15, -0.1) is 5.10 Å². The third kappa shape index (κ3) is 3.15. The van der Waals surface area contributed by atoms with Gasteiger partial charge in [0.15, 0.2) is 5.82 Å². The normalized spacial score (nSPS) is 14.2. The molecular weight excluding hydrogens is 250 g/mol. The first-order valence-electron chi connectivity index (χ1n) is 7.16. The van der Waals surface area contributed by atoms with Gasteiger partial charge in [-0.05, 0) is 60.4 Å². The van der Waals surface area contributed by atoms with Crippen LogP contribution in [-0.4, -0.2) is 20.2 Å². The third-order valence-corrected chi connectivity index (χ3v) is 3.71. The quantitative estimate of drug-likeness (QED) is 0.849. The average Bonchev–Trinajstić information content (AvgIpc) is 2.86. The summed E-state index contributed by atoms with van der Waals surface area (Å²) in [5.74, 6) is 1.45. The maximum absolute atomic E-state index is 5.92. The fraction of sp³-hybridized carbons (Fsp3) is 0.533. The molecule has 0 bridgehead atoms. The molecule has 20 heavy (non-hydrogen) atoms. The van der Waals surface area contributed by atoms with E-state index in [0.717, 1.165) is 29.1 Å². The summed E-state index contributed by atoms with van der Waals surface area (Å²) in [6.45, 7) is 8.64. The van der Waals surface area contributed by atoms with Gasteiger partial charge in [0.2, 0.25) is 0 Å². The fourth-order valence-electron chi connectivity index (χ4n) is 2.47. The minimum Gasteiger partial charge on any atom is -0.399 e. The van der Waals surface area contributed by atoms with E-state index in [1.54, 1.807) is 0 Å². The van der Waals surface area contributed by atoms with Gasteiger partial charge in [-0.1, -0.05) is 20.3 Å². The van der Waals surface area contributed by atoms with Crippen LogP contribution in [0.5, 0.6) is 0 Å². The van der Waals surface area contributed by atoms with Crippen molar-refractivity contribution in [3.8, 4) is 11.4 Å². The topological polar surface area (TPSA) is 69.6 Å². The highest BCUT2D eigenvalue weighted by Crippen LogP contribution is 2.26. The summed E-state index contributed by atoms with van der Waals surface area (Å²) in [5.41, 5.74) is 8.75. The van der Waals surface area contributed by atoms with E-state index in [0.29, 0.717) is 5.92 Å². The van der Waals surface area contributed by atoms with Crippen molar-refractivity contribution in [3.05, 3.63) is 23.8 Å². The largest absolute Gasteiger partial charge is 0.399 e. The number of rotatable bonds is 5. The lowest BCUT2D eigenvalue weighted by Crippen LogP contribution is -2.12. The van der Waals surface area contributed by atoms with Crippen molar-refractivity contribution in [2.45, 2.75) is 46.6 Å². The van der Waals surface area contributed by atoms with Gasteiger partial charge in [0.25, 0.3) is 0 Å². The van der Waals surface area contributed by atoms with Gasteiger partial charge in [0.1, 0.15) is 0 Å². The molecule has 2 N–H and O–H groups in total. The Morgan fingerprint density at radius 3 is 2.65 bits per heavy atom. The van der Waals surface area contributed by atoms with Crippen LogP contribution in [0.4, 0.5) is 5.69 Å². The van der Waals surface area contributed by atoms with Crippen LogP contribution < -0.4 is 5.73 Å². The molecule has 1 heterocycles. The van der Waals surface area contributed by atoms with Gasteiger partial charge in [0, 0.05) is 11.3 Å². The number of hydrogen-bond donors (Lipinski definition) is 1. The lowest BCUT2D eigenvalue weighted by molar-refractivity contribution is 0.371. The van der Waals surface area contributed by atoms with Crippen molar-refractivity contribution in [2.75, 3.05) is 5.73 Å². The maximum Gasteiger partial charge on any atom is 0.182 e. The standard InChI is InChI=1S/C15H23N5/c1-5-10(2)6-12(4)20-15(17-18-19-20)13-7-11(3)8-14(16)9-13/h7-10,12H,5-6,16H2,1-4H3. The summed E-state index contributed by atoms with van der Waals surface area (Å²) in [4.78, 5) is 0. The number of nitrogens with two attached hydrogens (primary N) is 1. The minimum atomic E-state index is 0.275. The van der Waals surface area contributed by atoms with Crippen molar-refractivity contribution in [3.63, 3.8) is 0 Å². The number of aryl methyl sites for hydroxylation is 1. The first-order chi connectivity index (χ1) is 9.51. The van der Waals surface area contributed by atoms with E-state index < -0.39 is 0 Å². The summed E-state index contributed by atoms with van der Waals surface area (Å²) in [6.07, 6.45) is 2.23.